The highest BCUT2D eigenvalue weighted by molar-refractivity contribution is 7.16. The van der Waals surface area contributed by atoms with Gasteiger partial charge in [0.1, 0.15) is 17.3 Å². The van der Waals surface area contributed by atoms with Crippen molar-refractivity contribution in [2.45, 2.75) is 6.42 Å². The van der Waals surface area contributed by atoms with Gasteiger partial charge in [0.15, 0.2) is 0 Å². The molecule has 2 amide bonds. The number of carbonyl (C=O) groups excluding carboxylic acids is 1. The Labute approximate surface area is 146 Å². The first-order valence-corrected chi connectivity index (χ1v) is 8.99. The number of benzene rings is 1. The van der Waals surface area contributed by atoms with Crippen molar-refractivity contribution in [3.05, 3.63) is 63.7 Å². The number of urea groups is 1. The topological polar surface area (TPSA) is 41.1 Å². The van der Waals surface area contributed by atoms with E-state index in [0.29, 0.717) is 13.0 Å². The van der Waals surface area contributed by atoms with Gasteiger partial charge in [-0.1, -0.05) is 6.07 Å². The highest BCUT2D eigenvalue weighted by Gasteiger charge is 2.11. The normalized spacial score (nSPS) is 10.6. The zero-order valence-electron chi connectivity index (χ0n) is 12.5. The van der Waals surface area contributed by atoms with Gasteiger partial charge in [-0.05, 0) is 47.5 Å². The standard InChI is InChI=1S/C17H14F2N2OS2/c18-13-2-1-3-14(19)16(13)21-17(22)20-8-6-12-4-5-15(24-12)11-7-9-23-10-11/h1-5,7,9-10H,6,8H2,(H2,20,21,22). The number of hydrogen-bond donors (Lipinski definition) is 2. The minimum atomic E-state index is -0.802. The van der Waals surface area contributed by atoms with E-state index in [1.807, 2.05) is 11.4 Å². The second kappa shape index (κ2) is 7.55. The number of nitrogens with one attached hydrogen (secondary N) is 2. The predicted molar refractivity (Wildman–Crippen MR) is 94.7 cm³/mol. The molecule has 0 saturated carbocycles. The van der Waals surface area contributed by atoms with E-state index in [0.717, 1.165) is 17.0 Å². The maximum absolute atomic E-state index is 13.5. The third-order valence-corrected chi connectivity index (χ3v) is 5.20. The molecular weight excluding hydrogens is 350 g/mol. The molecule has 0 atom stereocenters. The van der Waals surface area contributed by atoms with Gasteiger partial charge in [-0.15, -0.1) is 11.3 Å². The SMILES string of the molecule is O=C(NCCc1ccc(-c2ccsc2)s1)Nc1c(F)cccc1F. The van der Waals surface area contributed by atoms with E-state index in [4.69, 9.17) is 0 Å². The van der Waals surface area contributed by atoms with Crippen LogP contribution in [0.2, 0.25) is 0 Å². The van der Waals surface area contributed by atoms with Crippen LogP contribution in [-0.4, -0.2) is 12.6 Å². The van der Waals surface area contributed by atoms with Crippen LogP contribution in [0, 0.1) is 11.6 Å². The summed E-state index contributed by atoms with van der Waals surface area (Å²) in [4.78, 5) is 14.1. The first-order valence-electron chi connectivity index (χ1n) is 7.23. The molecule has 2 aromatic heterocycles. The maximum Gasteiger partial charge on any atom is 0.319 e. The number of rotatable bonds is 5. The number of anilines is 1. The fourth-order valence-electron chi connectivity index (χ4n) is 2.15. The number of thiophene rings is 2. The molecular formula is C17H14F2N2OS2. The lowest BCUT2D eigenvalue weighted by Crippen LogP contribution is -2.31. The molecule has 3 aromatic rings. The number of hydrogen-bond acceptors (Lipinski definition) is 3. The number of amides is 2. The Bertz CT molecular complexity index is 811. The zero-order valence-corrected chi connectivity index (χ0v) is 14.1. The summed E-state index contributed by atoms with van der Waals surface area (Å²) in [5, 5.41) is 8.92. The van der Waals surface area contributed by atoms with Crippen LogP contribution in [0.5, 0.6) is 0 Å². The summed E-state index contributed by atoms with van der Waals surface area (Å²) < 4.78 is 26.9. The summed E-state index contributed by atoms with van der Waals surface area (Å²) >= 11 is 3.31. The van der Waals surface area contributed by atoms with E-state index in [-0.39, 0.29) is 0 Å². The predicted octanol–water partition coefficient (Wildman–Crippen LogP) is 5.12. The van der Waals surface area contributed by atoms with Crippen molar-refractivity contribution < 1.29 is 13.6 Å². The fraction of sp³-hybridized carbons (Fsp3) is 0.118. The van der Waals surface area contributed by atoms with Crippen LogP contribution in [-0.2, 0) is 6.42 Å². The highest BCUT2D eigenvalue weighted by atomic mass is 32.1. The molecule has 0 fully saturated rings. The van der Waals surface area contributed by atoms with Gasteiger partial charge < -0.3 is 10.6 Å². The van der Waals surface area contributed by atoms with Crippen molar-refractivity contribution in [3.8, 4) is 10.4 Å². The lowest BCUT2D eigenvalue weighted by molar-refractivity contribution is 0.252. The molecule has 0 aliphatic rings. The van der Waals surface area contributed by atoms with Gasteiger partial charge in [0, 0.05) is 21.9 Å². The van der Waals surface area contributed by atoms with E-state index < -0.39 is 23.4 Å². The summed E-state index contributed by atoms with van der Waals surface area (Å²) in [6.45, 7) is 0.380. The summed E-state index contributed by atoms with van der Waals surface area (Å²) in [7, 11) is 0. The number of para-hydroxylation sites is 1. The first-order chi connectivity index (χ1) is 11.6. The Morgan fingerprint density at radius 2 is 1.88 bits per heavy atom. The molecule has 7 heteroatoms. The van der Waals surface area contributed by atoms with Crippen molar-refractivity contribution in [2.24, 2.45) is 0 Å². The Morgan fingerprint density at radius 1 is 1.08 bits per heavy atom. The molecule has 0 spiro atoms. The summed E-state index contributed by atoms with van der Waals surface area (Å²) in [6, 6.07) is 8.94. The molecule has 0 unspecified atom stereocenters. The van der Waals surface area contributed by atoms with E-state index in [1.54, 1.807) is 22.7 Å². The molecule has 0 saturated heterocycles. The van der Waals surface area contributed by atoms with Crippen molar-refractivity contribution in [1.82, 2.24) is 5.32 Å². The number of carbonyl (C=O) groups is 1. The van der Waals surface area contributed by atoms with E-state index in [2.05, 4.69) is 28.1 Å². The second-order valence-corrected chi connectivity index (χ2v) is 6.95. The van der Waals surface area contributed by atoms with Crippen LogP contribution in [0.3, 0.4) is 0 Å². The average Bonchev–Trinajstić information content (AvgIpc) is 3.22. The lowest BCUT2D eigenvalue weighted by atomic mass is 10.3. The molecule has 3 rings (SSSR count). The third-order valence-electron chi connectivity index (χ3n) is 3.33. The second-order valence-electron chi connectivity index (χ2n) is 5.01. The Hall–Kier alpha value is -2.25. The van der Waals surface area contributed by atoms with Crippen molar-refractivity contribution >= 4 is 34.4 Å². The van der Waals surface area contributed by atoms with Crippen LogP contribution in [0.4, 0.5) is 19.3 Å². The summed E-state index contributed by atoms with van der Waals surface area (Å²) in [5.74, 6) is -1.60. The minimum Gasteiger partial charge on any atom is -0.338 e. The van der Waals surface area contributed by atoms with Crippen LogP contribution < -0.4 is 10.6 Å². The monoisotopic (exact) mass is 364 g/mol. The van der Waals surface area contributed by atoms with Gasteiger partial charge >= 0.3 is 6.03 Å². The van der Waals surface area contributed by atoms with Gasteiger partial charge in [-0.3, -0.25) is 0 Å². The lowest BCUT2D eigenvalue weighted by Gasteiger charge is -2.08. The fourth-order valence-corrected chi connectivity index (χ4v) is 3.88. The zero-order chi connectivity index (χ0) is 16.9. The van der Waals surface area contributed by atoms with Crippen molar-refractivity contribution in [2.75, 3.05) is 11.9 Å². The Kier molecular flexibility index (Phi) is 5.22. The molecule has 0 bridgehead atoms. The molecule has 2 N–H and O–H groups in total. The third kappa shape index (κ3) is 3.98. The van der Waals surface area contributed by atoms with Gasteiger partial charge in [0.25, 0.3) is 0 Å². The molecule has 0 aliphatic carbocycles. The van der Waals surface area contributed by atoms with Crippen LogP contribution in [0.1, 0.15) is 4.88 Å². The van der Waals surface area contributed by atoms with Crippen molar-refractivity contribution in [3.63, 3.8) is 0 Å². The summed E-state index contributed by atoms with van der Waals surface area (Å²) in [6.07, 6.45) is 0.655. The molecule has 2 heterocycles. The minimum absolute atomic E-state index is 0.380. The van der Waals surface area contributed by atoms with Crippen LogP contribution in [0.25, 0.3) is 10.4 Å². The number of halogens is 2. The Balaban J connectivity index is 1.50. The largest absolute Gasteiger partial charge is 0.338 e. The molecule has 0 radical (unpaired) electrons. The van der Waals surface area contributed by atoms with Gasteiger partial charge in [-0.25, -0.2) is 13.6 Å². The van der Waals surface area contributed by atoms with Crippen molar-refractivity contribution in [1.29, 1.82) is 0 Å². The van der Waals surface area contributed by atoms with E-state index in [9.17, 15) is 13.6 Å². The molecule has 1 aromatic carbocycles. The van der Waals surface area contributed by atoms with E-state index >= 15 is 0 Å². The molecule has 124 valence electrons. The van der Waals surface area contributed by atoms with Crippen LogP contribution >= 0.6 is 22.7 Å². The smallest absolute Gasteiger partial charge is 0.319 e. The van der Waals surface area contributed by atoms with Gasteiger partial charge in [-0.2, -0.15) is 11.3 Å². The average molecular weight is 364 g/mol. The highest BCUT2D eigenvalue weighted by Crippen LogP contribution is 2.29. The first kappa shape index (κ1) is 16.6. The molecule has 3 nitrogen and oxygen atoms in total. The van der Waals surface area contributed by atoms with Crippen LogP contribution in [0.15, 0.2) is 47.2 Å². The quantitative estimate of drug-likeness (QED) is 0.648. The molecule has 0 aliphatic heterocycles. The van der Waals surface area contributed by atoms with E-state index in [1.165, 1.54) is 16.5 Å². The summed E-state index contributed by atoms with van der Waals surface area (Å²) in [5.41, 5.74) is 0.753. The molecule has 24 heavy (non-hydrogen) atoms. The van der Waals surface area contributed by atoms with Gasteiger partial charge in [0.2, 0.25) is 0 Å². The maximum atomic E-state index is 13.5. The van der Waals surface area contributed by atoms with Gasteiger partial charge in [0.05, 0.1) is 0 Å². The Morgan fingerprint density at radius 3 is 2.58 bits per heavy atom.